The molecule has 1 fully saturated rings. The minimum atomic E-state index is -0.951. The third kappa shape index (κ3) is 3.93. The molecule has 0 aliphatic heterocycles. The van der Waals surface area contributed by atoms with Crippen molar-refractivity contribution in [3.8, 4) is 5.75 Å². The molecule has 0 unspecified atom stereocenters. The van der Waals surface area contributed by atoms with Crippen molar-refractivity contribution in [3.63, 3.8) is 0 Å². The SMILES string of the molecule is O=C(O)c1ccc2cnn(Cc3cc(Cl)ccc3OCC3CCCC3)c2c1. The van der Waals surface area contributed by atoms with Crippen molar-refractivity contribution in [1.82, 2.24) is 9.78 Å². The van der Waals surface area contributed by atoms with Crippen LogP contribution in [0.15, 0.2) is 42.6 Å². The monoisotopic (exact) mass is 384 g/mol. The lowest BCUT2D eigenvalue weighted by atomic mass is 10.1. The summed E-state index contributed by atoms with van der Waals surface area (Å²) >= 11 is 6.21. The Morgan fingerprint density at radius 2 is 2.04 bits per heavy atom. The van der Waals surface area contributed by atoms with E-state index in [0.29, 0.717) is 17.5 Å². The number of fused-ring (bicyclic) bond motifs is 1. The second kappa shape index (κ2) is 7.61. The first kappa shape index (κ1) is 17.9. The highest BCUT2D eigenvalue weighted by molar-refractivity contribution is 6.30. The zero-order chi connectivity index (χ0) is 18.8. The van der Waals surface area contributed by atoms with Crippen LogP contribution in [0.5, 0.6) is 5.75 Å². The lowest BCUT2D eigenvalue weighted by Crippen LogP contribution is -2.11. The first-order valence-corrected chi connectivity index (χ1v) is 9.58. The smallest absolute Gasteiger partial charge is 0.335 e. The topological polar surface area (TPSA) is 64.3 Å². The van der Waals surface area contributed by atoms with E-state index in [1.165, 1.54) is 25.7 Å². The van der Waals surface area contributed by atoms with Gasteiger partial charge in [-0.25, -0.2) is 4.79 Å². The van der Waals surface area contributed by atoms with Gasteiger partial charge in [-0.15, -0.1) is 0 Å². The number of carbonyl (C=O) groups is 1. The van der Waals surface area contributed by atoms with Gasteiger partial charge in [-0.05, 0) is 49.1 Å². The van der Waals surface area contributed by atoms with Crippen LogP contribution in [0.25, 0.3) is 10.9 Å². The van der Waals surface area contributed by atoms with Crippen LogP contribution in [0, 0.1) is 5.92 Å². The molecule has 3 aromatic rings. The number of benzene rings is 2. The van der Waals surface area contributed by atoms with E-state index >= 15 is 0 Å². The summed E-state index contributed by atoms with van der Waals surface area (Å²) in [6.45, 7) is 1.19. The van der Waals surface area contributed by atoms with Crippen molar-refractivity contribution in [2.45, 2.75) is 32.2 Å². The molecule has 0 atom stereocenters. The maximum Gasteiger partial charge on any atom is 0.335 e. The minimum absolute atomic E-state index is 0.244. The lowest BCUT2D eigenvalue weighted by Gasteiger charge is -2.15. The molecule has 2 aromatic carbocycles. The molecule has 1 aliphatic carbocycles. The van der Waals surface area contributed by atoms with Crippen molar-refractivity contribution >= 4 is 28.5 Å². The Labute approximate surface area is 162 Å². The molecule has 1 aromatic heterocycles. The molecular weight excluding hydrogens is 364 g/mol. The fourth-order valence-electron chi connectivity index (χ4n) is 3.69. The Morgan fingerprint density at radius 3 is 2.81 bits per heavy atom. The minimum Gasteiger partial charge on any atom is -0.493 e. The second-order valence-electron chi connectivity index (χ2n) is 7.09. The highest BCUT2D eigenvalue weighted by Crippen LogP contribution is 2.29. The molecule has 1 aliphatic rings. The average Bonchev–Trinajstić information content (AvgIpc) is 3.31. The summed E-state index contributed by atoms with van der Waals surface area (Å²) in [6, 6.07) is 10.6. The molecule has 4 rings (SSSR count). The van der Waals surface area contributed by atoms with Gasteiger partial charge < -0.3 is 9.84 Å². The molecule has 140 valence electrons. The molecule has 1 saturated carbocycles. The zero-order valence-electron chi connectivity index (χ0n) is 14.9. The van der Waals surface area contributed by atoms with Crippen LogP contribution < -0.4 is 4.74 Å². The normalized spacial score (nSPS) is 14.7. The van der Waals surface area contributed by atoms with Crippen molar-refractivity contribution < 1.29 is 14.6 Å². The summed E-state index contributed by atoms with van der Waals surface area (Å²) < 4.78 is 7.89. The fraction of sp³-hybridized carbons (Fsp3) is 0.333. The van der Waals surface area contributed by atoms with Gasteiger partial charge in [0, 0.05) is 16.0 Å². The number of rotatable bonds is 6. The second-order valence-corrected chi connectivity index (χ2v) is 7.53. The van der Waals surface area contributed by atoms with E-state index in [2.05, 4.69) is 5.10 Å². The average molecular weight is 385 g/mol. The summed E-state index contributed by atoms with van der Waals surface area (Å²) in [7, 11) is 0. The van der Waals surface area contributed by atoms with Gasteiger partial charge in [-0.2, -0.15) is 5.10 Å². The number of aromatic nitrogens is 2. The first-order chi connectivity index (χ1) is 13.1. The Morgan fingerprint density at radius 1 is 1.22 bits per heavy atom. The predicted molar refractivity (Wildman–Crippen MR) is 105 cm³/mol. The standard InChI is InChI=1S/C21H21ClN2O3/c22-18-7-8-20(27-13-14-3-1-2-4-14)17(9-18)12-24-19-10-15(21(25)26)5-6-16(19)11-23-24/h5-11,14H,1-4,12-13H2,(H,25,26). The fourth-order valence-corrected chi connectivity index (χ4v) is 3.88. The molecule has 27 heavy (non-hydrogen) atoms. The third-order valence-corrected chi connectivity index (χ3v) is 5.42. The van der Waals surface area contributed by atoms with Gasteiger partial charge in [0.05, 0.1) is 30.4 Å². The van der Waals surface area contributed by atoms with E-state index in [1.807, 2.05) is 18.2 Å². The molecule has 5 nitrogen and oxygen atoms in total. The van der Waals surface area contributed by atoms with Crippen LogP contribution in [-0.2, 0) is 6.54 Å². The maximum absolute atomic E-state index is 11.3. The molecule has 0 radical (unpaired) electrons. The van der Waals surface area contributed by atoms with E-state index in [4.69, 9.17) is 16.3 Å². The van der Waals surface area contributed by atoms with Gasteiger partial charge in [-0.3, -0.25) is 4.68 Å². The Hall–Kier alpha value is -2.53. The van der Waals surface area contributed by atoms with Gasteiger partial charge in [0.2, 0.25) is 0 Å². The van der Waals surface area contributed by atoms with Crippen molar-refractivity contribution in [1.29, 1.82) is 0 Å². The van der Waals surface area contributed by atoms with Crippen molar-refractivity contribution in [3.05, 3.63) is 58.7 Å². The third-order valence-electron chi connectivity index (χ3n) is 5.18. The van der Waals surface area contributed by atoms with Crippen LogP contribution in [0.4, 0.5) is 0 Å². The van der Waals surface area contributed by atoms with Gasteiger partial charge in [0.1, 0.15) is 5.75 Å². The van der Waals surface area contributed by atoms with Crippen LogP contribution in [0.2, 0.25) is 5.02 Å². The van der Waals surface area contributed by atoms with E-state index in [9.17, 15) is 9.90 Å². The zero-order valence-corrected chi connectivity index (χ0v) is 15.7. The summed E-state index contributed by atoms with van der Waals surface area (Å²) in [5.41, 5.74) is 1.95. The number of carboxylic acids is 1. The molecule has 0 spiro atoms. The van der Waals surface area contributed by atoms with Crippen LogP contribution in [0.3, 0.4) is 0 Å². The van der Waals surface area contributed by atoms with E-state index in [1.54, 1.807) is 29.1 Å². The van der Waals surface area contributed by atoms with E-state index in [-0.39, 0.29) is 5.56 Å². The Bertz CT molecular complexity index is 977. The molecule has 0 saturated heterocycles. The highest BCUT2D eigenvalue weighted by atomic mass is 35.5. The van der Waals surface area contributed by atoms with Crippen LogP contribution in [-0.4, -0.2) is 27.5 Å². The predicted octanol–water partition coefficient (Wildman–Crippen LogP) is 5.01. The highest BCUT2D eigenvalue weighted by Gasteiger charge is 2.17. The maximum atomic E-state index is 11.3. The van der Waals surface area contributed by atoms with Crippen LogP contribution >= 0.6 is 11.6 Å². The molecule has 1 N–H and O–H groups in total. The number of halogens is 1. The summed E-state index contributed by atoms with van der Waals surface area (Å²) in [5.74, 6) is 0.481. The molecule has 6 heteroatoms. The number of nitrogens with zero attached hydrogens (tertiary/aromatic N) is 2. The number of ether oxygens (including phenoxy) is 1. The van der Waals surface area contributed by atoms with Gasteiger partial charge in [-0.1, -0.05) is 30.5 Å². The first-order valence-electron chi connectivity index (χ1n) is 9.20. The van der Waals surface area contributed by atoms with Crippen LogP contribution in [0.1, 0.15) is 41.6 Å². The van der Waals surface area contributed by atoms with E-state index < -0.39 is 5.97 Å². The largest absolute Gasteiger partial charge is 0.493 e. The lowest BCUT2D eigenvalue weighted by molar-refractivity contribution is 0.0697. The summed E-state index contributed by atoms with van der Waals surface area (Å²) in [6.07, 6.45) is 6.76. The van der Waals surface area contributed by atoms with E-state index in [0.717, 1.165) is 28.8 Å². The van der Waals surface area contributed by atoms with Crippen molar-refractivity contribution in [2.24, 2.45) is 5.92 Å². The molecule has 0 amide bonds. The Balaban J connectivity index is 1.61. The van der Waals surface area contributed by atoms with Crippen molar-refractivity contribution in [2.75, 3.05) is 6.61 Å². The Kier molecular flexibility index (Phi) is 5.03. The summed E-state index contributed by atoms with van der Waals surface area (Å²) in [4.78, 5) is 11.3. The van der Waals surface area contributed by atoms with Gasteiger partial charge in [0.15, 0.2) is 0 Å². The number of aromatic carboxylic acids is 1. The number of hydrogen-bond donors (Lipinski definition) is 1. The summed E-state index contributed by atoms with van der Waals surface area (Å²) in [5, 5.41) is 15.2. The molecule has 0 bridgehead atoms. The van der Waals surface area contributed by atoms with Gasteiger partial charge in [0.25, 0.3) is 0 Å². The quantitative estimate of drug-likeness (QED) is 0.649. The van der Waals surface area contributed by atoms with Gasteiger partial charge >= 0.3 is 5.97 Å². The molecule has 1 heterocycles. The number of carboxylic acid groups (broad SMARTS) is 1. The molecular formula is C21H21ClN2O3. The number of hydrogen-bond acceptors (Lipinski definition) is 3.